The predicted octanol–water partition coefficient (Wildman–Crippen LogP) is 12.4. The van der Waals surface area contributed by atoms with Crippen LogP contribution in [0, 0.1) is 13.8 Å². The van der Waals surface area contributed by atoms with E-state index >= 15 is 0 Å². The fraction of sp³-hybridized carbons (Fsp3) is 0.250. The van der Waals surface area contributed by atoms with Crippen LogP contribution in [0.3, 0.4) is 0 Å². The summed E-state index contributed by atoms with van der Waals surface area (Å²) < 4.78 is 4.45. The molecule has 0 unspecified atom stereocenters. The van der Waals surface area contributed by atoms with Crippen molar-refractivity contribution in [3.8, 4) is 22.9 Å². The van der Waals surface area contributed by atoms with Crippen LogP contribution in [-0.4, -0.2) is 81.4 Å². The van der Waals surface area contributed by atoms with Crippen molar-refractivity contribution in [1.82, 2.24) is 18.9 Å². The van der Waals surface area contributed by atoms with Crippen LogP contribution in [0.15, 0.2) is 117 Å². The van der Waals surface area contributed by atoms with Crippen LogP contribution in [0.5, 0.6) is 11.5 Å². The Bertz CT molecular complexity index is 2530. The number of rotatable bonds is 13. The average Bonchev–Trinajstić information content (AvgIpc) is 3.73. The summed E-state index contributed by atoms with van der Waals surface area (Å²) in [6.45, 7) is 6.98. The molecule has 0 bridgehead atoms. The molecule has 8 rings (SSSR count). The first-order chi connectivity index (χ1) is 28.0. The number of phenols is 2. The van der Waals surface area contributed by atoms with E-state index in [9.17, 15) is 10.2 Å². The van der Waals surface area contributed by atoms with Crippen molar-refractivity contribution in [2.24, 2.45) is 0 Å². The maximum absolute atomic E-state index is 12.0. The molecule has 0 saturated carbocycles. The Balaban J connectivity index is 1.04. The Morgan fingerprint density at radius 3 is 1.02 bits per heavy atom. The Morgan fingerprint density at radius 1 is 0.448 bits per heavy atom. The van der Waals surface area contributed by atoms with E-state index < -0.39 is 0 Å². The summed E-state index contributed by atoms with van der Waals surface area (Å²) in [5, 5.41) is 28.7. The number of nitrogens with zero attached hydrogens (tertiary/aromatic N) is 4. The lowest BCUT2D eigenvalue weighted by atomic mass is 10.1. The van der Waals surface area contributed by atoms with E-state index in [0.29, 0.717) is 24.6 Å². The SMILES string of the molecule is CSc1ccc2c(c1)c1cc(SC)ccc1n2-c1cc(C)cc(CN(C)CCN(C)Cc2cc(C)cc(-n3c4ccc(SC)cc4c4cc(SC)ccc43)c2O)c1O. The topological polar surface area (TPSA) is 56.8 Å². The molecule has 0 atom stereocenters. The lowest BCUT2D eigenvalue weighted by Crippen LogP contribution is -2.30. The van der Waals surface area contributed by atoms with Gasteiger partial charge >= 0.3 is 0 Å². The first-order valence-electron chi connectivity index (χ1n) is 19.4. The van der Waals surface area contributed by atoms with E-state index in [1.165, 1.54) is 41.1 Å². The molecule has 2 aromatic heterocycles. The monoisotopic (exact) mass is 842 g/mol. The molecule has 0 amide bonds. The second kappa shape index (κ2) is 16.8. The van der Waals surface area contributed by atoms with Crippen molar-refractivity contribution in [2.75, 3.05) is 52.2 Å². The van der Waals surface area contributed by atoms with Crippen LogP contribution < -0.4 is 0 Å². The van der Waals surface area contributed by atoms with E-state index in [1.54, 1.807) is 47.0 Å². The second-order valence-corrected chi connectivity index (χ2v) is 18.8. The summed E-state index contributed by atoms with van der Waals surface area (Å²) in [7, 11) is 4.22. The molecule has 2 N–H and O–H groups in total. The molecule has 0 aliphatic heterocycles. The highest BCUT2D eigenvalue weighted by molar-refractivity contribution is 7.99. The van der Waals surface area contributed by atoms with Crippen LogP contribution in [0.25, 0.3) is 55.0 Å². The predicted molar refractivity (Wildman–Crippen MR) is 254 cm³/mol. The fourth-order valence-electron chi connectivity index (χ4n) is 8.32. The first-order valence-corrected chi connectivity index (χ1v) is 24.3. The highest BCUT2D eigenvalue weighted by Gasteiger charge is 2.21. The summed E-state index contributed by atoms with van der Waals surface area (Å²) >= 11 is 6.98. The third-order valence-electron chi connectivity index (χ3n) is 11.2. The quantitative estimate of drug-likeness (QED) is 0.111. The van der Waals surface area contributed by atoms with E-state index in [1.807, 2.05) is 0 Å². The Labute approximate surface area is 358 Å². The lowest BCUT2D eigenvalue weighted by molar-refractivity contribution is 0.243. The Morgan fingerprint density at radius 2 is 0.741 bits per heavy atom. The minimum absolute atomic E-state index is 0.309. The van der Waals surface area contributed by atoms with Gasteiger partial charge in [0.2, 0.25) is 0 Å². The van der Waals surface area contributed by atoms with Crippen molar-refractivity contribution in [3.63, 3.8) is 0 Å². The number of hydrogen-bond donors (Lipinski definition) is 2. The molecule has 0 radical (unpaired) electrons. The normalized spacial score (nSPS) is 12.1. The molecule has 6 nitrogen and oxygen atoms in total. The zero-order valence-corrected chi connectivity index (χ0v) is 37.6. The molecule has 0 aliphatic rings. The highest BCUT2D eigenvalue weighted by Crippen LogP contribution is 2.41. The molecule has 2 heterocycles. The number of phenolic OH excluding ortho intramolecular Hbond substituents is 2. The molecular weight excluding hydrogens is 793 g/mol. The Kier molecular flexibility index (Phi) is 11.8. The molecular formula is C48H50N4O2S4. The third kappa shape index (κ3) is 7.59. The van der Waals surface area contributed by atoms with Crippen LogP contribution >= 0.6 is 47.0 Å². The highest BCUT2D eigenvalue weighted by atomic mass is 32.2. The largest absolute Gasteiger partial charge is 0.505 e. The number of thioether (sulfide) groups is 4. The number of aromatic hydroxyl groups is 2. The van der Waals surface area contributed by atoms with Gasteiger partial charge < -0.3 is 29.1 Å². The second-order valence-electron chi connectivity index (χ2n) is 15.3. The van der Waals surface area contributed by atoms with Crippen molar-refractivity contribution in [3.05, 3.63) is 119 Å². The molecule has 0 aliphatic carbocycles. The summed E-state index contributed by atoms with van der Waals surface area (Å²) in [4.78, 5) is 9.41. The number of benzene rings is 6. The van der Waals surface area contributed by atoms with Crippen LogP contribution in [0.2, 0.25) is 0 Å². The van der Waals surface area contributed by atoms with Gasteiger partial charge in [-0.15, -0.1) is 47.0 Å². The summed E-state index contributed by atoms with van der Waals surface area (Å²) in [5.74, 6) is 0.619. The maximum Gasteiger partial charge on any atom is 0.144 e. The van der Waals surface area contributed by atoms with E-state index in [-0.39, 0.29) is 0 Å². The lowest BCUT2D eigenvalue weighted by Gasteiger charge is -2.24. The number of aromatic nitrogens is 2. The van der Waals surface area contributed by atoms with Crippen molar-refractivity contribution < 1.29 is 10.2 Å². The van der Waals surface area contributed by atoms with Gasteiger partial charge in [-0.25, -0.2) is 0 Å². The number of aryl methyl sites for hydroxylation is 2. The molecule has 58 heavy (non-hydrogen) atoms. The van der Waals surface area contributed by atoms with Gasteiger partial charge in [0.15, 0.2) is 0 Å². The zero-order valence-electron chi connectivity index (χ0n) is 34.4. The fourth-order valence-corrected chi connectivity index (χ4v) is 10.1. The van der Waals surface area contributed by atoms with E-state index in [0.717, 1.165) is 68.8 Å². The van der Waals surface area contributed by atoms with Crippen molar-refractivity contribution in [2.45, 2.75) is 46.5 Å². The van der Waals surface area contributed by atoms with Gasteiger partial charge in [0.1, 0.15) is 11.5 Å². The van der Waals surface area contributed by atoms with Crippen LogP contribution in [0.4, 0.5) is 0 Å². The van der Waals surface area contributed by atoms with Gasteiger partial charge in [-0.1, -0.05) is 12.1 Å². The Hall–Kier alpha value is -4.16. The minimum Gasteiger partial charge on any atom is -0.505 e. The minimum atomic E-state index is 0.309. The summed E-state index contributed by atoms with van der Waals surface area (Å²) in [6.07, 6.45) is 8.44. The molecule has 0 spiro atoms. The molecule has 10 heteroatoms. The average molecular weight is 843 g/mol. The number of hydrogen-bond acceptors (Lipinski definition) is 8. The zero-order chi connectivity index (χ0) is 40.8. The molecule has 0 saturated heterocycles. The van der Waals surface area contributed by atoms with Gasteiger partial charge in [-0.3, -0.25) is 0 Å². The number of fused-ring (bicyclic) bond motifs is 6. The van der Waals surface area contributed by atoms with Crippen LogP contribution in [0.1, 0.15) is 22.3 Å². The van der Waals surface area contributed by atoms with Gasteiger partial charge in [0.25, 0.3) is 0 Å². The molecule has 6 aromatic carbocycles. The van der Waals surface area contributed by atoms with Gasteiger partial charge in [-0.05, 0) is 149 Å². The standard InChI is InChI=1S/C48H50N4O2S4/c1-29-19-31(47(53)45(21-29)51-41-13-9-33(55-5)23-37(41)38-24-34(56-6)10-14-42(38)51)27-49(3)17-18-50(4)28-32-20-30(2)22-46(48(32)54)52-43-15-11-35(57-7)25-39(43)40-26-36(58-8)12-16-44(40)52/h9-16,19-26,53-54H,17-18,27-28H2,1-8H3. The first kappa shape index (κ1) is 40.6. The summed E-state index contributed by atoms with van der Waals surface area (Å²) in [5.41, 5.74) is 9.96. The summed E-state index contributed by atoms with van der Waals surface area (Å²) in [6, 6.07) is 34.9. The van der Waals surface area contributed by atoms with Crippen molar-refractivity contribution in [1.29, 1.82) is 0 Å². The third-order valence-corrected chi connectivity index (χ3v) is 14.1. The smallest absolute Gasteiger partial charge is 0.144 e. The number of likely N-dealkylation sites (N-methyl/N-ethyl adjacent to an activating group) is 2. The molecule has 298 valence electrons. The maximum atomic E-state index is 12.0. The van der Waals surface area contributed by atoms with Gasteiger partial charge in [-0.2, -0.15) is 0 Å². The molecule has 0 fully saturated rings. The van der Waals surface area contributed by atoms with Crippen LogP contribution in [-0.2, 0) is 13.1 Å². The van der Waals surface area contributed by atoms with E-state index in [2.05, 4.69) is 169 Å². The molecule has 8 aromatic rings. The van der Waals surface area contributed by atoms with Crippen molar-refractivity contribution >= 4 is 90.7 Å². The van der Waals surface area contributed by atoms with Gasteiger partial charge in [0.05, 0.1) is 33.4 Å². The van der Waals surface area contributed by atoms with E-state index in [4.69, 9.17) is 0 Å². The van der Waals surface area contributed by atoms with Gasteiger partial charge in [0, 0.05) is 78.4 Å².